The number of halogens is 10. The van der Waals surface area contributed by atoms with E-state index in [1.54, 1.807) is 0 Å². The van der Waals surface area contributed by atoms with Gasteiger partial charge in [0.05, 0.1) is 16.1 Å². The van der Waals surface area contributed by atoms with E-state index in [4.69, 9.17) is 16.7 Å². The van der Waals surface area contributed by atoms with Crippen molar-refractivity contribution in [3.8, 4) is 0 Å². The maximum Gasteiger partial charge on any atom is 0.417 e. The van der Waals surface area contributed by atoms with Gasteiger partial charge in [0.2, 0.25) is 0 Å². The average Bonchev–Trinajstić information content (AvgIpc) is 2.61. The van der Waals surface area contributed by atoms with Crippen LogP contribution in [0.15, 0.2) is 45.4 Å². The second-order valence-electron chi connectivity index (χ2n) is 5.90. The van der Waals surface area contributed by atoms with E-state index >= 15 is 0 Å². The van der Waals surface area contributed by atoms with Crippen LogP contribution >= 0.6 is 43.5 Å². The largest absolute Gasteiger partial charge is 0.478 e. The average molecular weight is 585 g/mol. The molecule has 0 aromatic heterocycles. The fraction of sp³-hybridized carbons (Fsp3) is 0.167. The topological polar surface area (TPSA) is 37.3 Å². The second-order valence-corrected chi connectivity index (χ2v) is 7.98. The van der Waals surface area contributed by atoms with Crippen molar-refractivity contribution in [1.29, 1.82) is 0 Å². The zero-order valence-electron chi connectivity index (χ0n) is 14.2. The Morgan fingerprint density at radius 1 is 1.03 bits per heavy atom. The molecule has 0 saturated heterocycles. The first-order valence-electron chi connectivity index (χ1n) is 7.66. The highest BCUT2D eigenvalue weighted by Crippen LogP contribution is 2.42. The SMILES string of the molecule is O=C(O)c1ccc(/C(F)=C/[C@@H](c2cc(Br)c(Cl)c(Br)c2)C(F)(F)F)cc1C(F)(F)F. The van der Waals surface area contributed by atoms with E-state index in [1.807, 2.05) is 0 Å². The normalized spacial score (nSPS) is 14.0. The number of carbonyl (C=O) groups is 1. The van der Waals surface area contributed by atoms with Crippen molar-refractivity contribution in [2.75, 3.05) is 0 Å². The number of benzene rings is 2. The molecule has 0 aliphatic carbocycles. The fourth-order valence-corrected chi connectivity index (χ4v) is 3.82. The Morgan fingerprint density at radius 2 is 1.57 bits per heavy atom. The lowest BCUT2D eigenvalue weighted by atomic mass is 9.95. The van der Waals surface area contributed by atoms with Crippen molar-refractivity contribution in [3.05, 3.63) is 72.6 Å². The minimum Gasteiger partial charge on any atom is -0.478 e. The monoisotopic (exact) mass is 582 g/mol. The first kappa shape index (κ1) is 24.7. The van der Waals surface area contributed by atoms with E-state index in [1.165, 1.54) is 0 Å². The van der Waals surface area contributed by atoms with E-state index in [-0.39, 0.29) is 26.1 Å². The summed E-state index contributed by atoms with van der Waals surface area (Å²) < 4.78 is 94.7. The maximum atomic E-state index is 14.6. The molecule has 2 aromatic rings. The smallest absolute Gasteiger partial charge is 0.417 e. The summed E-state index contributed by atoms with van der Waals surface area (Å²) in [5.41, 5.74) is -4.12. The Bertz CT molecular complexity index is 994. The predicted molar refractivity (Wildman–Crippen MR) is 103 cm³/mol. The quantitative estimate of drug-likeness (QED) is 0.290. The van der Waals surface area contributed by atoms with E-state index < -0.39 is 52.3 Å². The third kappa shape index (κ3) is 5.55. The molecule has 2 aromatic carbocycles. The van der Waals surface area contributed by atoms with Crippen LogP contribution in [0.25, 0.3) is 5.83 Å². The van der Waals surface area contributed by atoms with Gasteiger partial charge in [0.1, 0.15) is 11.7 Å². The van der Waals surface area contributed by atoms with Gasteiger partial charge in [-0.25, -0.2) is 9.18 Å². The van der Waals surface area contributed by atoms with Gasteiger partial charge in [0, 0.05) is 14.5 Å². The van der Waals surface area contributed by atoms with E-state index in [0.717, 1.165) is 12.1 Å². The molecule has 0 amide bonds. The van der Waals surface area contributed by atoms with Crippen molar-refractivity contribution >= 4 is 55.3 Å². The molecular weight excluding hydrogens is 576 g/mol. The summed E-state index contributed by atoms with van der Waals surface area (Å²) in [6.07, 6.45) is -10.0. The number of hydrogen-bond donors (Lipinski definition) is 1. The standard InChI is InChI=1S/C18H8Br2ClF7O2/c19-12-4-8(5-13(20)15(12)21)10(17(23,24)25)6-14(22)7-1-2-9(16(29)30)11(3-7)18(26,27)28/h1-6,10H,(H,29,30)/b14-6-/t10-/m0/s1. The first-order chi connectivity index (χ1) is 13.6. The van der Waals surface area contributed by atoms with Gasteiger partial charge in [-0.3, -0.25) is 0 Å². The number of aromatic carboxylic acids is 1. The lowest BCUT2D eigenvalue weighted by Gasteiger charge is -2.19. The Hall–Kier alpha value is -1.59. The van der Waals surface area contributed by atoms with E-state index in [0.29, 0.717) is 12.1 Å². The van der Waals surface area contributed by atoms with Crippen LogP contribution < -0.4 is 0 Å². The summed E-state index contributed by atoms with van der Waals surface area (Å²) >= 11 is 11.8. The van der Waals surface area contributed by atoms with Crippen LogP contribution in [0.5, 0.6) is 0 Å². The van der Waals surface area contributed by atoms with Crippen molar-refractivity contribution < 1.29 is 40.6 Å². The van der Waals surface area contributed by atoms with Crippen LogP contribution in [-0.4, -0.2) is 17.3 Å². The number of carboxylic acids is 1. The summed E-state index contributed by atoms with van der Waals surface area (Å²) in [4.78, 5) is 11.0. The third-order valence-electron chi connectivity index (χ3n) is 3.86. The predicted octanol–water partition coefficient (Wildman–Crippen LogP) is 8.24. The van der Waals surface area contributed by atoms with Gasteiger partial charge in [-0.1, -0.05) is 17.7 Å². The molecule has 0 aliphatic rings. The first-order valence-corrected chi connectivity index (χ1v) is 9.62. The molecule has 0 aliphatic heterocycles. The number of alkyl halides is 6. The Labute approximate surface area is 186 Å². The minimum atomic E-state index is -5.15. The molecule has 12 heteroatoms. The molecule has 0 bridgehead atoms. The number of hydrogen-bond acceptors (Lipinski definition) is 1. The summed E-state index contributed by atoms with van der Waals surface area (Å²) in [5, 5.41) is 8.93. The van der Waals surface area contributed by atoms with Gasteiger partial charge in [0.15, 0.2) is 0 Å². The third-order valence-corrected chi connectivity index (χ3v) is 5.98. The number of rotatable bonds is 4. The molecule has 1 N–H and O–H groups in total. The van der Waals surface area contributed by atoms with Crippen molar-refractivity contribution in [1.82, 2.24) is 0 Å². The summed E-state index contributed by atoms with van der Waals surface area (Å²) in [6, 6.07) is 3.29. The highest BCUT2D eigenvalue weighted by atomic mass is 79.9. The Morgan fingerprint density at radius 3 is 2.00 bits per heavy atom. The lowest BCUT2D eigenvalue weighted by molar-refractivity contribution is -0.140. The van der Waals surface area contributed by atoms with Crippen LogP contribution in [0.3, 0.4) is 0 Å². The summed E-state index contributed by atoms with van der Waals surface area (Å²) in [6.45, 7) is 0. The molecule has 0 radical (unpaired) electrons. The van der Waals surface area contributed by atoms with Crippen LogP contribution in [0.1, 0.15) is 33.0 Å². The molecule has 30 heavy (non-hydrogen) atoms. The lowest BCUT2D eigenvalue weighted by Crippen LogP contribution is -2.19. The van der Waals surface area contributed by atoms with Crippen LogP contribution in [0, 0.1) is 0 Å². The highest BCUT2D eigenvalue weighted by molar-refractivity contribution is 9.11. The Balaban J connectivity index is 2.62. The molecule has 0 saturated carbocycles. The zero-order chi connectivity index (χ0) is 23.0. The summed E-state index contributed by atoms with van der Waals surface area (Å²) in [7, 11) is 0. The van der Waals surface area contributed by atoms with Gasteiger partial charge in [-0.2, -0.15) is 26.3 Å². The molecule has 2 nitrogen and oxygen atoms in total. The molecule has 0 unspecified atom stereocenters. The van der Waals surface area contributed by atoms with Gasteiger partial charge >= 0.3 is 18.3 Å². The number of carboxylic acid groups (broad SMARTS) is 1. The minimum absolute atomic E-state index is 0.0724. The van der Waals surface area contributed by atoms with Crippen molar-refractivity contribution in [2.24, 2.45) is 0 Å². The van der Waals surface area contributed by atoms with Gasteiger partial charge < -0.3 is 5.11 Å². The van der Waals surface area contributed by atoms with Crippen molar-refractivity contribution in [2.45, 2.75) is 18.3 Å². The molecular formula is C18H8Br2ClF7O2. The van der Waals surface area contributed by atoms with Gasteiger partial charge in [-0.05, 0) is 67.8 Å². The van der Waals surface area contributed by atoms with Crippen molar-refractivity contribution in [3.63, 3.8) is 0 Å². The zero-order valence-corrected chi connectivity index (χ0v) is 18.1. The van der Waals surface area contributed by atoms with Crippen LogP contribution in [-0.2, 0) is 6.18 Å². The highest BCUT2D eigenvalue weighted by Gasteiger charge is 2.41. The van der Waals surface area contributed by atoms with Gasteiger partial charge in [0.25, 0.3) is 0 Å². The Kier molecular flexibility index (Phi) is 7.30. The summed E-state index contributed by atoms with van der Waals surface area (Å²) in [5.74, 6) is -6.04. The molecule has 162 valence electrons. The van der Waals surface area contributed by atoms with Crippen LogP contribution in [0.4, 0.5) is 30.7 Å². The van der Waals surface area contributed by atoms with E-state index in [2.05, 4.69) is 31.9 Å². The van der Waals surface area contributed by atoms with Crippen LogP contribution in [0.2, 0.25) is 5.02 Å². The molecule has 0 spiro atoms. The molecule has 0 fully saturated rings. The maximum absolute atomic E-state index is 14.6. The second kappa shape index (κ2) is 8.88. The van der Waals surface area contributed by atoms with E-state index in [9.17, 15) is 35.5 Å². The molecule has 2 rings (SSSR count). The molecule has 1 atom stereocenters. The number of allylic oxidation sites excluding steroid dienone is 1. The fourth-order valence-electron chi connectivity index (χ4n) is 2.49. The van der Waals surface area contributed by atoms with Gasteiger partial charge in [-0.15, -0.1) is 0 Å². The molecule has 0 heterocycles.